The van der Waals surface area contributed by atoms with E-state index in [1.807, 2.05) is 30.3 Å². The summed E-state index contributed by atoms with van der Waals surface area (Å²) in [5, 5.41) is 2.91. The van der Waals surface area contributed by atoms with Crippen LogP contribution in [0.4, 0.5) is 0 Å². The molecule has 2 amide bonds. The highest BCUT2D eigenvalue weighted by Crippen LogP contribution is 2.27. The van der Waals surface area contributed by atoms with E-state index in [-0.39, 0.29) is 18.4 Å². The number of benzene rings is 2. The monoisotopic (exact) mass is 442 g/mol. The Morgan fingerprint density at radius 3 is 2.22 bits per heavy atom. The maximum absolute atomic E-state index is 13.1. The van der Waals surface area contributed by atoms with Crippen molar-refractivity contribution in [3.63, 3.8) is 0 Å². The zero-order chi connectivity index (χ0) is 23.3. The summed E-state index contributed by atoms with van der Waals surface area (Å²) in [5.41, 5.74) is 1.10. The minimum absolute atomic E-state index is 0.164. The molecule has 0 saturated heterocycles. The number of carbonyl (C=O) groups is 2. The standard InChI is InChI=1S/C25H34N2O5/c1-5-6-13-26-25(29)19(2)27(14-12-20-10-8-7-9-11-20)24(28)18-32-23-16-21(30-3)15-22(17-23)31-4/h7-11,15-17,19H,5-6,12-14,18H2,1-4H3,(H,26,29). The average Bonchev–Trinajstić information content (AvgIpc) is 2.83. The quantitative estimate of drug-likeness (QED) is 0.481. The minimum atomic E-state index is -0.605. The third-order valence-electron chi connectivity index (χ3n) is 5.17. The number of carbonyl (C=O) groups excluding carboxylic acids is 2. The van der Waals surface area contributed by atoms with Crippen molar-refractivity contribution in [2.75, 3.05) is 33.9 Å². The van der Waals surface area contributed by atoms with Crippen molar-refractivity contribution < 1.29 is 23.8 Å². The van der Waals surface area contributed by atoms with Crippen LogP contribution in [-0.2, 0) is 16.0 Å². The van der Waals surface area contributed by atoms with Gasteiger partial charge in [0.1, 0.15) is 23.3 Å². The second kappa shape index (κ2) is 13.2. The van der Waals surface area contributed by atoms with Gasteiger partial charge in [0.05, 0.1) is 14.2 Å². The summed E-state index contributed by atoms with van der Waals surface area (Å²) in [5.74, 6) is 1.16. The summed E-state index contributed by atoms with van der Waals surface area (Å²) in [6.45, 7) is 4.63. The van der Waals surface area contributed by atoms with Crippen molar-refractivity contribution in [1.82, 2.24) is 10.2 Å². The van der Waals surface area contributed by atoms with Crippen molar-refractivity contribution in [3.05, 3.63) is 54.1 Å². The highest BCUT2D eigenvalue weighted by Gasteiger charge is 2.26. The van der Waals surface area contributed by atoms with Crippen LogP contribution in [0.25, 0.3) is 0 Å². The summed E-state index contributed by atoms with van der Waals surface area (Å²) in [6.07, 6.45) is 2.53. The number of nitrogens with zero attached hydrogens (tertiary/aromatic N) is 1. The minimum Gasteiger partial charge on any atom is -0.496 e. The van der Waals surface area contributed by atoms with Gasteiger partial charge in [-0.2, -0.15) is 0 Å². The summed E-state index contributed by atoms with van der Waals surface area (Å²) in [7, 11) is 3.10. The molecule has 1 unspecified atom stereocenters. The molecule has 0 spiro atoms. The molecule has 1 N–H and O–H groups in total. The van der Waals surface area contributed by atoms with Gasteiger partial charge in [-0.15, -0.1) is 0 Å². The van der Waals surface area contributed by atoms with Gasteiger partial charge in [0, 0.05) is 31.3 Å². The molecule has 0 radical (unpaired) electrons. The molecule has 2 aromatic rings. The summed E-state index contributed by atoms with van der Waals surface area (Å²) < 4.78 is 16.2. The summed E-state index contributed by atoms with van der Waals surface area (Å²) in [4.78, 5) is 27.3. The predicted molar refractivity (Wildman–Crippen MR) is 124 cm³/mol. The van der Waals surface area contributed by atoms with Gasteiger partial charge in [-0.05, 0) is 25.3 Å². The van der Waals surface area contributed by atoms with Crippen LogP contribution in [0.2, 0.25) is 0 Å². The fourth-order valence-corrected chi connectivity index (χ4v) is 3.20. The molecule has 2 aromatic carbocycles. The van der Waals surface area contributed by atoms with E-state index < -0.39 is 6.04 Å². The van der Waals surface area contributed by atoms with Gasteiger partial charge in [0.25, 0.3) is 5.91 Å². The molecule has 2 rings (SSSR count). The van der Waals surface area contributed by atoms with Crippen LogP contribution in [0.3, 0.4) is 0 Å². The van der Waals surface area contributed by atoms with Crippen molar-refractivity contribution in [3.8, 4) is 17.2 Å². The molecule has 0 aliphatic heterocycles. The Bertz CT molecular complexity index is 834. The van der Waals surface area contributed by atoms with Gasteiger partial charge >= 0.3 is 0 Å². The van der Waals surface area contributed by atoms with Gasteiger partial charge in [-0.25, -0.2) is 0 Å². The number of unbranched alkanes of at least 4 members (excludes halogenated alkanes) is 1. The van der Waals surface area contributed by atoms with Crippen molar-refractivity contribution in [2.24, 2.45) is 0 Å². The van der Waals surface area contributed by atoms with Gasteiger partial charge in [0.2, 0.25) is 5.91 Å². The van der Waals surface area contributed by atoms with E-state index in [1.54, 1.807) is 44.2 Å². The maximum atomic E-state index is 13.1. The van der Waals surface area contributed by atoms with Crippen molar-refractivity contribution in [2.45, 2.75) is 39.2 Å². The lowest BCUT2D eigenvalue weighted by molar-refractivity contribution is -0.141. The highest BCUT2D eigenvalue weighted by atomic mass is 16.5. The Labute approximate surface area is 190 Å². The van der Waals surface area contributed by atoms with E-state index >= 15 is 0 Å². The number of hydrogen-bond acceptors (Lipinski definition) is 5. The Morgan fingerprint density at radius 1 is 1.00 bits per heavy atom. The van der Waals surface area contributed by atoms with Gasteiger partial charge in [-0.1, -0.05) is 43.7 Å². The first kappa shape index (κ1) is 25.0. The van der Waals surface area contributed by atoms with Crippen LogP contribution in [0, 0.1) is 0 Å². The van der Waals surface area contributed by atoms with Crippen molar-refractivity contribution in [1.29, 1.82) is 0 Å². The van der Waals surface area contributed by atoms with Gasteiger partial charge < -0.3 is 24.4 Å². The Kier molecular flexibility index (Phi) is 10.4. The highest BCUT2D eigenvalue weighted by molar-refractivity contribution is 5.88. The van der Waals surface area contributed by atoms with Crippen LogP contribution in [-0.4, -0.2) is 56.7 Å². The SMILES string of the molecule is CCCCNC(=O)C(C)N(CCc1ccccc1)C(=O)COc1cc(OC)cc(OC)c1. The molecule has 0 aliphatic rings. The van der Waals surface area contributed by atoms with Crippen LogP contribution in [0.5, 0.6) is 17.2 Å². The molecule has 0 heterocycles. The third kappa shape index (κ3) is 7.80. The van der Waals surface area contributed by atoms with Crippen molar-refractivity contribution >= 4 is 11.8 Å². The zero-order valence-electron chi connectivity index (χ0n) is 19.4. The molecule has 32 heavy (non-hydrogen) atoms. The van der Waals surface area contributed by atoms with Gasteiger partial charge in [-0.3, -0.25) is 9.59 Å². The lowest BCUT2D eigenvalue weighted by Gasteiger charge is -2.28. The van der Waals surface area contributed by atoms with Crippen LogP contribution < -0.4 is 19.5 Å². The first-order chi connectivity index (χ1) is 15.5. The average molecular weight is 443 g/mol. The number of rotatable bonds is 13. The fraction of sp³-hybridized carbons (Fsp3) is 0.440. The number of nitrogens with one attached hydrogen (secondary N) is 1. The maximum Gasteiger partial charge on any atom is 0.261 e. The first-order valence-electron chi connectivity index (χ1n) is 11.0. The molecular formula is C25H34N2O5. The smallest absolute Gasteiger partial charge is 0.261 e. The second-order valence-corrected chi connectivity index (χ2v) is 7.48. The molecular weight excluding hydrogens is 408 g/mol. The third-order valence-corrected chi connectivity index (χ3v) is 5.17. The Hall–Kier alpha value is -3.22. The molecule has 7 nitrogen and oxygen atoms in total. The van der Waals surface area contributed by atoms with Crippen LogP contribution in [0.1, 0.15) is 32.3 Å². The summed E-state index contributed by atoms with van der Waals surface area (Å²) >= 11 is 0. The molecule has 0 aliphatic carbocycles. The molecule has 0 bridgehead atoms. The second-order valence-electron chi connectivity index (χ2n) is 7.48. The van der Waals surface area contributed by atoms with E-state index in [2.05, 4.69) is 12.2 Å². The van der Waals surface area contributed by atoms with E-state index in [0.29, 0.717) is 36.8 Å². The predicted octanol–water partition coefficient (Wildman–Crippen LogP) is 3.46. The topological polar surface area (TPSA) is 77.1 Å². The largest absolute Gasteiger partial charge is 0.496 e. The molecule has 0 aromatic heterocycles. The molecule has 174 valence electrons. The Morgan fingerprint density at radius 2 is 1.62 bits per heavy atom. The molecule has 0 fully saturated rings. The van der Waals surface area contributed by atoms with Crippen LogP contribution >= 0.6 is 0 Å². The lowest BCUT2D eigenvalue weighted by atomic mass is 10.1. The Balaban J connectivity index is 2.09. The number of amides is 2. The van der Waals surface area contributed by atoms with E-state index in [1.165, 1.54) is 0 Å². The van der Waals surface area contributed by atoms with Gasteiger partial charge in [0.15, 0.2) is 6.61 Å². The van der Waals surface area contributed by atoms with E-state index in [4.69, 9.17) is 14.2 Å². The van der Waals surface area contributed by atoms with E-state index in [9.17, 15) is 9.59 Å². The number of ether oxygens (including phenoxy) is 3. The lowest BCUT2D eigenvalue weighted by Crippen LogP contribution is -2.50. The normalized spacial score (nSPS) is 11.4. The zero-order valence-corrected chi connectivity index (χ0v) is 19.4. The first-order valence-corrected chi connectivity index (χ1v) is 11.0. The molecule has 0 saturated carbocycles. The molecule has 1 atom stereocenters. The fourth-order valence-electron chi connectivity index (χ4n) is 3.20. The van der Waals surface area contributed by atoms with Crippen LogP contribution in [0.15, 0.2) is 48.5 Å². The van der Waals surface area contributed by atoms with E-state index in [0.717, 1.165) is 18.4 Å². The summed E-state index contributed by atoms with van der Waals surface area (Å²) in [6, 6.07) is 14.4. The number of methoxy groups -OCH3 is 2. The molecule has 7 heteroatoms. The number of hydrogen-bond donors (Lipinski definition) is 1.